The molecule has 5 nitrogen and oxygen atoms in total. The first kappa shape index (κ1) is 21.9. The second-order valence-corrected chi connectivity index (χ2v) is 8.72. The Hall–Kier alpha value is -2.31. The largest absolute Gasteiger partial charge is 0.486 e. The monoisotopic (exact) mass is 475 g/mol. The van der Waals surface area contributed by atoms with Gasteiger partial charge in [0.25, 0.3) is 0 Å². The zero-order chi connectivity index (χ0) is 22.3. The first-order chi connectivity index (χ1) is 14.7. The molecule has 0 saturated heterocycles. The number of aliphatic hydroxyl groups is 1. The number of aromatic nitrogens is 3. The Morgan fingerprint density at radius 2 is 1.71 bits per heavy atom. The SMILES string of the molecule is Cc1ncc(C(O)(c2ccc(Cl)cc2)c2ccc3nc(Cl)c(OC(C)C)c(Cl)c3c2)[nH]1. The van der Waals surface area contributed by atoms with Crippen molar-refractivity contribution in [1.82, 2.24) is 15.0 Å². The van der Waals surface area contributed by atoms with Crippen LogP contribution in [-0.2, 0) is 5.60 Å². The van der Waals surface area contributed by atoms with Crippen molar-refractivity contribution in [2.45, 2.75) is 32.5 Å². The van der Waals surface area contributed by atoms with Gasteiger partial charge < -0.3 is 14.8 Å². The first-order valence-corrected chi connectivity index (χ1v) is 10.8. The molecule has 1 unspecified atom stereocenters. The minimum Gasteiger partial charge on any atom is -0.486 e. The van der Waals surface area contributed by atoms with Gasteiger partial charge in [-0.3, -0.25) is 0 Å². The molecule has 0 spiro atoms. The molecule has 0 radical (unpaired) electrons. The van der Waals surface area contributed by atoms with Crippen LogP contribution in [0.5, 0.6) is 5.75 Å². The number of H-pyrrole nitrogens is 1. The Morgan fingerprint density at radius 1 is 1.03 bits per heavy atom. The Morgan fingerprint density at radius 3 is 2.32 bits per heavy atom. The highest BCUT2D eigenvalue weighted by atomic mass is 35.5. The fourth-order valence-corrected chi connectivity index (χ4v) is 4.20. The van der Waals surface area contributed by atoms with E-state index < -0.39 is 5.60 Å². The molecule has 4 aromatic rings. The van der Waals surface area contributed by atoms with Gasteiger partial charge in [-0.1, -0.05) is 53.0 Å². The molecule has 8 heteroatoms. The Kier molecular flexibility index (Phi) is 5.88. The topological polar surface area (TPSA) is 71.0 Å². The molecule has 2 aromatic heterocycles. The molecular weight excluding hydrogens is 457 g/mol. The van der Waals surface area contributed by atoms with E-state index in [1.165, 1.54) is 0 Å². The molecule has 2 aromatic carbocycles. The van der Waals surface area contributed by atoms with E-state index >= 15 is 0 Å². The molecule has 0 aliphatic heterocycles. The number of hydrogen-bond acceptors (Lipinski definition) is 4. The first-order valence-electron chi connectivity index (χ1n) is 9.66. The Labute approximate surface area is 195 Å². The summed E-state index contributed by atoms with van der Waals surface area (Å²) in [7, 11) is 0. The van der Waals surface area contributed by atoms with Crippen molar-refractivity contribution in [2.75, 3.05) is 0 Å². The number of aromatic amines is 1. The normalized spacial score (nSPS) is 13.5. The molecule has 31 heavy (non-hydrogen) atoms. The number of imidazole rings is 1. The third kappa shape index (κ3) is 3.99. The van der Waals surface area contributed by atoms with Gasteiger partial charge in [-0.15, -0.1) is 0 Å². The number of nitrogens with zero attached hydrogens (tertiary/aromatic N) is 2. The van der Waals surface area contributed by atoms with Crippen LogP contribution in [0.1, 0.15) is 36.5 Å². The summed E-state index contributed by atoms with van der Waals surface area (Å²) in [4.78, 5) is 11.8. The molecule has 0 aliphatic rings. The van der Waals surface area contributed by atoms with Gasteiger partial charge in [0.1, 0.15) is 5.82 Å². The molecular formula is C23H20Cl3N3O2. The van der Waals surface area contributed by atoms with Crippen LogP contribution in [0.4, 0.5) is 0 Å². The van der Waals surface area contributed by atoms with Crippen molar-refractivity contribution >= 4 is 45.7 Å². The maximum Gasteiger partial charge on any atom is 0.176 e. The predicted molar refractivity (Wildman–Crippen MR) is 124 cm³/mol. The average Bonchev–Trinajstić information content (AvgIpc) is 3.17. The second kappa shape index (κ2) is 8.32. The molecule has 0 bridgehead atoms. The van der Waals surface area contributed by atoms with Crippen molar-refractivity contribution in [3.05, 3.63) is 86.5 Å². The van der Waals surface area contributed by atoms with Gasteiger partial charge in [-0.25, -0.2) is 9.97 Å². The number of halogens is 3. The summed E-state index contributed by atoms with van der Waals surface area (Å²) in [5, 5.41) is 13.7. The quantitative estimate of drug-likeness (QED) is 0.332. The van der Waals surface area contributed by atoms with E-state index in [2.05, 4.69) is 15.0 Å². The third-order valence-electron chi connectivity index (χ3n) is 4.96. The third-order valence-corrected chi connectivity index (χ3v) is 5.85. The van der Waals surface area contributed by atoms with Gasteiger partial charge in [0.15, 0.2) is 16.5 Å². The summed E-state index contributed by atoms with van der Waals surface area (Å²) in [6.45, 7) is 5.59. The average molecular weight is 477 g/mol. The van der Waals surface area contributed by atoms with Gasteiger partial charge in [-0.2, -0.15) is 0 Å². The summed E-state index contributed by atoms with van der Waals surface area (Å²) < 4.78 is 5.78. The molecule has 160 valence electrons. The van der Waals surface area contributed by atoms with Crippen molar-refractivity contribution in [3.8, 4) is 5.75 Å². The van der Waals surface area contributed by atoms with Crippen LogP contribution >= 0.6 is 34.8 Å². The highest BCUT2D eigenvalue weighted by molar-refractivity contribution is 6.40. The number of rotatable bonds is 5. The second-order valence-electron chi connectivity index (χ2n) is 7.54. The van der Waals surface area contributed by atoms with E-state index in [-0.39, 0.29) is 11.3 Å². The maximum atomic E-state index is 12.0. The van der Waals surface area contributed by atoms with Crippen molar-refractivity contribution in [1.29, 1.82) is 0 Å². The zero-order valence-electron chi connectivity index (χ0n) is 17.1. The molecule has 0 amide bonds. The summed E-state index contributed by atoms with van der Waals surface area (Å²) in [6, 6.07) is 12.4. The lowest BCUT2D eigenvalue weighted by molar-refractivity contribution is 0.121. The van der Waals surface area contributed by atoms with Crippen LogP contribution in [0.25, 0.3) is 10.9 Å². The minimum absolute atomic E-state index is 0.128. The number of fused-ring (bicyclic) bond motifs is 1. The van der Waals surface area contributed by atoms with Crippen LogP contribution in [0.3, 0.4) is 0 Å². The van der Waals surface area contributed by atoms with Gasteiger partial charge in [0.05, 0.1) is 28.5 Å². The van der Waals surface area contributed by atoms with Crippen LogP contribution in [-0.4, -0.2) is 26.2 Å². The lowest BCUT2D eigenvalue weighted by Crippen LogP contribution is -2.29. The number of aryl methyl sites for hydroxylation is 1. The standard InChI is InChI=1S/C23H20Cl3N3O2/c1-12(2)31-21-20(25)17-10-15(6-9-18(17)29-22(21)26)23(30,19-11-27-13(3)28-19)14-4-7-16(24)8-5-14/h4-12,30H,1-3H3,(H,27,28). The van der Waals surface area contributed by atoms with Crippen LogP contribution in [0.2, 0.25) is 15.2 Å². The number of benzene rings is 2. The van der Waals surface area contributed by atoms with Gasteiger partial charge in [0, 0.05) is 10.4 Å². The lowest BCUT2D eigenvalue weighted by Gasteiger charge is -2.29. The molecule has 0 fully saturated rings. The highest BCUT2D eigenvalue weighted by Crippen LogP contribution is 2.42. The molecule has 4 rings (SSSR count). The Bertz CT molecular complexity index is 1260. The van der Waals surface area contributed by atoms with Crippen molar-refractivity contribution < 1.29 is 9.84 Å². The van der Waals surface area contributed by atoms with Gasteiger partial charge >= 0.3 is 0 Å². The predicted octanol–water partition coefficient (Wildman–Crippen LogP) is 6.30. The van der Waals surface area contributed by atoms with E-state index in [0.29, 0.717) is 49.3 Å². The van der Waals surface area contributed by atoms with Crippen molar-refractivity contribution in [2.24, 2.45) is 0 Å². The summed E-state index contributed by atoms with van der Waals surface area (Å²) in [6.07, 6.45) is 1.49. The van der Waals surface area contributed by atoms with Crippen LogP contribution < -0.4 is 4.74 Å². The number of nitrogens with one attached hydrogen (secondary N) is 1. The van der Waals surface area contributed by atoms with Crippen LogP contribution in [0, 0.1) is 6.92 Å². The van der Waals surface area contributed by atoms with Crippen LogP contribution in [0.15, 0.2) is 48.7 Å². The summed E-state index contributed by atoms with van der Waals surface area (Å²) >= 11 is 19.0. The number of pyridine rings is 1. The van der Waals surface area contributed by atoms with Gasteiger partial charge in [-0.05, 0) is 56.2 Å². The van der Waals surface area contributed by atoms with E-state index in [0.717, 1.165) is 0 Å². The molecule has 0 saturated carbocycles. The zero-order valence-corrected chi connectivity index (χ0v) is 19.3. The van der Waals surface area contributed by atoms with E-state index in [1.54, 1.807) is 48.7 Å². The number of ether oxygens (including phenoxy) is 1. The fraction of sp³-hybridized carbons (Fsp3) is 0.217. The van der Waals surface area contributed by atoms with Gasteiger partial charge in [0.2, 0.25) is 0 Å². The fourth-order valence-electron chi connectivity index (χ4n) is 3.51. The Balaban J connectivity index is 1.97. The van der Waals surface area contributed by atoms with Crippen molar-refractivity contribution in [3.63, 3.8) is 0 Å². The molecule has 0 aliphatic carbocycles. The molecule has 2 heterocycles. The summed E-state index contributed by atoms with van der Waals surface area (Å²) in [5.41, 5.74) is 0.781. The lowest BCUT2D eigenvalue weighted by atomic mass is 9.83. The van der Waals surface area contributed by atoms with E-state index in [4.69, 9.17) is 39.5 Å². The highest BCUT2D eigenvalue weighted by Gasteiger charge is 2.36. The smallest absolute Gasteiger partial charge is 0.176 e. The number of hydrogen-bond donors (Lipinski definition) is 2. The molecule has 2 N–H and O–H groups in total. The van der Waals surface area contributed by atoms with E-state index in [1.807, 2.05) is 20.8 Å². The molecule has 1 atom stereocenters. The van der Waals surface area contributed by atoms with E-state index in [9.17, 15) is 5.11 Å². The minimum atomic E-state index is -1.53. The maximum absolute atomic E-state index is 12.0. The summed E-state index contributed by atoms with van der Waals surface area (Å²) in [5.74, 6) is 0.998.